The van der Waals surface area contributed by atoms with Gasteiger partial charge in [-0.25, -0.2) is 4.79 Å². The molecule has 0 unspecified atom stereocenters. The smallest absolute Gasteiger partial charge is 0.328 e. The Balaban J connectivity index is 1.92. The Bertz CT molecular complexity index is 866. The maximum Gasteiger partial charge on any atom is 0.328 e. The Morgan fingerprint density at radius 2 is 2.04 bits per heavy atom. The number of hydrogen-bond acceptors (Lipinski definition) is 4. The van der Waals surface area contributed by atoms with Gasteiger partial charge in [-0.1, -0.05) is 25.3 Å². The van der Waals surface area contributed by atoms with Crippen molar-refractivity contribution in [2.75, 3.05) is 6.54 Å². The van der Waals surface area contributed by atoms with Gasteiger partial charge in [0.25, 0.3) is 11.5 Å². The number of carbonyl (C=O) groups excluding carboxylic acids is 1. The van der Waals surface area contributed by atoms with E-state index in [-0.39, 0.29) is 24.1 Å². The van der Waals surface area contributed by atoms with E-state index in [1.165, 1.54) is 12.6 Å². The molecule has 2 aromatic heterocycles. The molecule has 0 aromatic carbocycles. The fraction of sp³-hybridized carbons (Fsp3) is 0.474. The zero-order chi connectivity index (χ0) is 18.5. The average Bonchev–Trinajstić information content (AvgIpc) is 2.67. The van der Waals surface area contributed by atoms with Crippen molar-refractivity contribution < 1.29 is 4.79 Å². The van der Waals surface area contributed by atoms with Crippen molar-refractivity contribution in [3.63, 3.8) is 0 Å². The molecule has 0 radical (unpaired) electrons. The van der Waals surface area contributed by atoms with E-state index in [4.69, 9.17) is 0 Å². The Morgan fingerprint density at radius 1 is 1.27 bits per heavy atom. The number of aromatic nitrogens is 3. The third-order valence-corrected chi connectivity index (χ3v) is 4.95. The first-order valence-corrected chi connectivity index (χ1v) is 9.15. The number of nitrogens with one attached hydrogen (secondary N) is 1. The number of carbonyl (C=O) groups is 1. The summed E-state index contributed by atoms with van der Waals surface area (Å²) in [6, 6.07) is 5.45. The van der Waals surface area contributed by atoms with Gasteiger partial charge in [0.1, 0.15) is 5.56 Å². The van der Waals surface area contributed by atoms with Crippen molar-refractivity contribution in [1.82, 2.24) is 19.4 Å². The number of pyridine rings is 1. The maximum absolute atomic E-state index is 13.0. The van der Waals surface area contributed by atoms with Crippen molar-refractivity contribution >= 4 is 5.91 Å². The Hall–Kier alpha value is -2.70. The third-order valence-electron chi connectivity index (χ3n) is 4.95. The molecular formula is C19H24N4O3. The Morgan fingerprint density at radius 3 is 2.69 bits per heavy atom. The first-order chi connectivity index (χ1) is 12.6. The van der Waals surface area contributed by atoms with Crippen LogP contribution in [-0.2, 0) is 6.54 Å². The van der Waals surface area contributed by atoms with Gasteiger partial charge in [-0.15, -0.1) is 0 Å². The van der Waals surface area contributed by atoms with Crippen molar-refractivity contribution in [2.24, 2.45) is 0 Å². The van der Waals surface area contributed by atoms with E-state index in [9.17, 15) is 14.4 Å². The molecule has 1 saturated carbocycles. The molecule has 3 rings (SSSR count). The summed E-state index contributed by atoms with van der Waals surface area (Å²) in [5.74, 6) is -0.310. The lowest BCUT2D eigenvalue weighted by molar-refractivity contribution is 0.0644. The molecule has 2 heterocycles. The average molecular weight is 356 g/mol. The number of rotatable bonds is 5. The molecular weight excluding hydrogens is 332 g/mol. The molecule has 138 valence electrons. The second-order valence-electron chi connectivity index (χ2n) is 6.60. The molecule has 0 aliphatic heterocycles. The van der Waals surface area contributed by atoms with Crippen LogP contribution < -0.4 is 11.2 Å². The van der Waals surface area contributed by atoms with E-state index in [0.717, 1.165) is 30.3 Å². The highest BCUT2D eigenvalue weighted by molar-refractivity contribution is 5.93. The first kappa shape index (κ1) is 18.1. The number of aromatic amines is 1. The summed E-state index contributed by atoms with van der Waals surface area (Å²) < 4.78 is 1.03. The summed E-state index contributed by atoms with van der Waals surface area (Å²) >= 11 is 0. The first-order valence-electron chi connectivity index (χ1n) is 9.15. The third kappa shape index (κ3) is 3.76. The number of hydrogen-bond donors (Lipinski definition) is 1. The second-order valence-corrected chi connectivity index (χ2v) is 6.60. The van der Waals surface area contributed by atoms with Crippen LogP contribution in [-0.4, -0.2) is 37.9 Å². The topological polar surface area (TPSA) is 88.1 Å². The van der Waals surface area contributed by atoms with E-state index in [1.54, 1.807) is 29.3 Å². The molecule has 0 bridgehead atoms. The largest absolute Gasteiger partial charge is 0.336 e. The van der Waals surface area contributed by atoms with Gasteiger partial charge in [-0.2, -0.15) is 0 Å². The predicted molar refractivity (Wildman–Crippen MR) is 98.2 cm³/mol. The van der Waals surface area contributed by atoms with Gasteiger partial charge >= 0.3 is 5.69 Å². The van der Waals surface area contributed by atoms with Crippen LogP contribution in [0.15, 0.2) is 40.2 Å². The molecule has 1 fully saturated rings. The van der Waals surface area contributed by atoms with Crippen LogP contribution in [0, 0.1) is 0 Å². The lowest BCUT2D eigenvalue weighted by Crippen LogP contribution is -2.46. The molecule has 1 N–H and O–H groups in total. The summed E-state index contributed by atoms with van der Waals surface area (Å²) in [7, 11) is 0. The molecule has 7 nitrogen and oxygen atoms in total. The highest BCUT2D eigenvalue weighted by atomic mass is 16.2. The predicted octanol–water partition coefficient (Wildman–Crippen LogP) is 1.77. The molecule has 26 heavy (non-hydrogen) atoms. The van der Waals surface area contributed by atoms with Crippen LogP contribution in [0.5, 0.6) is 0 Å². The normalized spacial score (nSPS) is 15.0. The number of amides is 1. The van der Waals surface area contributed by atoms with Crippen LogP contribution in [0.25, 0.3) is 0 Å². The van der Waals surface area contributed by atoms with E-state index >= 15 is 0 Å². The summed E-state index contributed by atoms with van der Waals surface area (Å²) in [6.07, 6.45) is 8.17. The van der Waals surface area contributed by atoms with Crippen LogP contribution >= 0.6 is 0 Å². The van der Waals surface area contributed by atoms with E-state index in [0.29, 0.717) is 12.2 Å². The highest BCUT2D eigenvalue weighted by Crippen LogP contribution is 2.23. The van der Waals surface area contributed by atoms with Crippen molar-refractivity contribution in [1.29, 1.82) is 0 Å². The van der Waals surface area contributed by atoms with Gasteiger partial charge in [0, 0.05) is 25.0 Å². The zero-order valence-electron chi connectivity index (χ0n) is 15.0. The van der Waals surface area contributed by atoms with Crippen LogP contribution in [0.3, 0.4) is 0 Å². The molecule has 0 saturated heterocycles. The molecule has 0 atom stereocenters. The van der Waals surface area contributed by atoms with E-state index in [1.807, 2.05) is 6.92 Å². The standard InChI is InChI=1S/C19H24N4O3/c1-2-22(15-9-4-3-5-10-15)17(24)16-12-21-19(26)23(18(16)25)13-14-8-6-7-11-20-14/h6-8,11-12,15H,2-5,9-10,13H2,1H3,(H,21,26). The minimum absolute atomic E-state index is 0.00737. The second kappa shape index (κ2) is 8.12. The monoisotopic (exact) mass is 356 g/mol. The van der Waals surface area contributed by atoms with Gasteiger partial charge in [-0.05, 0) is 31.9 Å². The van der Waals surface area contributed by atoms with Crippen LogP contribution in [0.1, 0.15) is 55.1 Å². The molecule has 2 aromatic rings. The highest BCUT2D eigenvalue weighted by Gasteiger charge is 2.27. The lowest BCUT2D eigenvalue weighted by atomic mass is 9.94. The quantitative estimate of drug-likeness (QED) is 0.884. The van der Waals surface area contributed by atoms with Crippen molar-refractivity contribution in [3.8, 4) is 0 Å². The SMILES string of the molecule is CCN(C(=O)c1c[nH]c(=O)n(Cc2ccccn2)c1=O)C1CCCCC1. The fourth-order valence-corrected chi connectivity index (χ4v) is 3.58. The van der Waals surface area contributed by atoms with Gasteiger partial charge in [0.2, 0.25) is 0 Å². The maximum atomic E-state index is 13.0. The van der Waals surface area contributed by atoms with Crippen LogP contribution in [0.4, 0.5) is 0 Å². The van der Waals surface area contributed by atoms with Gasteiger partial charge in [0.05, 0.1) is 12.2 Å². The summed E-state index contributed by atoms with van der Waals surface area (Å²) in [6.45, 7) is 2.50. The Kier molecular flexibility index (Phi) is 5.65. The van der Waals surface area contributed by atoms with Gasteiger partial charge in [-0.3, -0.25) is 19.1 Å². The zero-order valence-corrected chi connectivity index (χ0v) is 15.0. The van der Waals surface area contributed by atoms with Crippen LogP contribution in [0.2, 0.25) is 0 Å². The fourth-order valence-electron chi connectivity index (χ4n) is 3.58. The van der Waals surface area contributed by atoms with E-state index < -0.39 is 11.2 Å². The summed E-state index contributed by atoms with van der Waals surface area (Å²) in [5, 5.41) is 0. The van der Waals surface area contributed by atoms with Gasteiger partial charge in [0.15, 0.2) is 0 Å². The lowest BCUT2D eigenvalue weighted by Gasteiger charge is -2.33. The number of nitrogens with zero attached hydrogens (tertiary/aromatic N) is 3. The minimum atomic E-state index is -0.571. The molecule has 1 aliphatic carbocycles. The van der Waals surface area contributed by atoms with Gasteiger partial charge < -0.3 is 9.88 Å². The van der Waals surface area contributed by atoms with Crippen molar-refractivity contribution in [2.45, 2.75) is 51.6 Å². The Labute approximate surface area is 151 Å². The molecule has 1 aliphatic rings. The van der Waals surface area contributed by atoms with Crippen molar-refractivity contribution in [3.05, 3.63) is 62.7 Å². The minimum Gasteiger partial charge on any atom is -0.336 e. The summed E-state index contributed by atoms with van der Waals surface area (Å²) in [5.41, 5.74) is -0.520. The molecule has 0 spiro atoms. The molecule has 1 amide bonds. The summed E-state index contributed by atoms with van der Waals surface area (Å²) in [4.78, 5) is 46.3. The molecule has 7 heteroatoms. The van der Waals surface area contributed by atoms with E-state index in [2.05, 4.69) is 9.97 Å². The number of H-pyrrole nitrogens is 1.